The van der Waals surface area contributed by atoms with Gasteiger partial charge in [-0.25, -0.2) is 14.8 Å². The fourth-order valence-electron chi connectivity index (χ4n) is 8.69. The molecule has 1 saturated heterocycles. The zero-order valence-corrected chi connectivity index (χ0v) is 31.1. The van der Waals surface area contributed by atoms with Gasteiger partial charge in [-0.15, -0.1) is 11.3 Å². The van der Waals surface area contributed by atoms with Gasteiger partial charge in [0.25, 0.3) is 0 Å². The molecule has 0 radical (unpaired) electrons. The molecule has 50 heavy (non-hydrogen) atoms. The zero-order chi connectivity index (χ0) is 35.3. The van der Waals surface area contributed by atoms with Gasteiger partial charge in [-0.05, 0) is 117 Å². The normalized spacial score (nSPS) is 26.7. The number of thiazole rings is 1. The second kappa shape index (κ2) is 13.6. The minimum Gasteiger partial charge on any atom is -0.496 e. The van der Waals surface area contributed by atoms with Crippen molar-refractivity contribution in [2.45, 2.75) is 115 Å². The van der Waals surface area contributed by atoms with E-state index in [9.17, 15) is 14.7 Å². The highest BCUT2D eigenvalue weighted by molar-refractivity contribution is 7.15. The Balaban J connectivity index is 1.10. The smallest absolute Gasteiger partial charge is 0.410 e. The van der Waals surface area contributed by atoms with Gasteiger partial charge >= 0.3 is 6.09 Å². The average Bonchev–Trinajstić information content (AvgIpc) is 3.62. The lowest BCUT2D eigenvalue weighted by Crippen LogP contribution is -2.54. The highest BCUT2D eigenvalue weighted by Gasteiger charge is 2.51. The number of carbonyl (C=O) groups excluding carboxylic acids is 2. The van der Waals surface area contributed by atoms with Crippen LogP contribution < -0.4 is 9.64 Å². The first kappa shape index (κ1) is 34.9. The van der Waals surface area contributed by atoms with Crippen LogP contribution in [0.1, 0.15) is 101 Å². The van der Waals surface area contributed by atoms with E-state index in [1.165, 1.54) is 16.0 Å². The summed E-state index contributed by atoms with van der Waals surface area (Å²) in [4.78, 5) is 41.4. The number of aliphatic hydroxyl groups is 1. The number of hydrogen-bond donors (Lipinski definition) is 1. The summed E-state index contributed by atoms with van der Waals surface area (Å²) in [5, 5.41) is 10.7. The van der Waals surface area contributed by atoms with E-state index >= 15 is 0 Å². The van der Waals surface area contributed by atoms with Gasteiger partial charge in [0, 0.05) is 30.3 Å². The number of hydrogen-bond acceptors (Lipinski definition) is 8. The van der Waals surface area contributed by atoms with Gasteiger partial charge in [-0.3, -0.25) is 9.69 Å². The molecule has 2 bridgehead atoms. The summed E-state index contributed by atoms with van der Waals surface area (Å²) in [6.07, 6.45) is 12.0. The van der Waals surface area contributed by atoms with Gasteiger partial charge in [-0.1, -0.05) is 32.9 Å². The molecule has 1 N–H and O–H groups in total. The summed E-state index contributed by atoms with van der Waals surface area (Å²) in [5.74, 6) is 1.63. The van der Waals surface area contributed by atoms with Crippen molar-refractivity contribution in [1.29, 1.82) is 0 Å². The number of nitrogens with zero attached hydrogens (tertiary/aromatic N) is 4. The third-order valence-corrected chi connectivity index (χ3v) is 13.5. The maximum Gasteiger partial charge on any atom is 0.410 e. The Labute approximate surface area is 300 Å². The van der Waals surface area contributed by atoms with Gasteiger partial charge in [0.2, 0.25) is 5.91 Å². The monoisotopic (exact) mass is 700 g/mol. The van der Waals surface area contributed by atoms with E-state index in [4.69, 9.17) is 19.4 Å². The topological polar surface area (TPSA) is 105 Å². The molecule has 1 aliphatic heterocycles. The van der Waals surface area contributed by atoms with Gasteiger partial charge in [0.05, 0.1) is 36.2 Å². The number of amides is 2. The Morgan fingerprint density at radius 2 is 1.70 bits per heavy atom. The maximum atomic E-state index is 14.7. The lowest BCUT2D eigenvalue weighted by Gasteiger charge is -2.55. The molecule has 1 aromatic carbocycles. The molecule has 0 atom stereocenters. The molecule has 3 heterocycles. The first-order valence-electron chi connectivity index (χ1n) is 18.4. The van der Waals surface area contributed by atoms with Crippen molar-refractivity contribution < 1.29 is 24.2 Å². The molecule has 5 fully saturated rings. The van der Waals surface area contributed by atoms with E-state index in [1.807, 2.05) is 23.4 Å². The van der Waals surface area contributed by atoms with Crippen molar-refractivity contribution in [3.8, 4) is 16.2 Å². The highest BCUT2D eigenvalue weighted by atomic mass is 32.1. The first-order chi connectivity index (χ1) is 23.9. The summed E-state index contributed by atoms with van der Waals surface area (Å²) >= 11 is 1.70. The van der Waals surface area contributed by atoms with Crippen LogP contribution in [0.15, 0.2) is 42.7 Å². The quantitative estimate of drug-likeness (QED) is 0.256. The number of aliphatic hydroxyl groups excluding tert-OH is 1. The number of β-amino-alcohol motifs (C(OH)–C–C–N with tert-alkyl or cyclic N) is 1. The Morgan fingerprint density at radius 1 is 1.00 bits per heavy atom. The Hall–Kier alpha value is -3.50. The number of pyridine rings is 1. The summed E-state index contributed by atoms with van der Waals surface area (Å²) in [5.41, 5.74) is 3.84. The molecule has 5 aliphatic rings. The number of likely N-dealkylation sites (tertiary alicyclic amines) is 1. The lowest BCUT2D eigenvalue weighted by molar-refractivity contribution is -0.124. The van der Waals surface area contributed by atoms with Crippen molar-refractivity contribution in [2.75, 3.05) is 31.6 Å². The third-order valence-electron chi connectivity index (χ3n) is 12.0. The molecule has 9 nitrogen and oxygen atoms in total. The number of fused-ring (bicyclic) bond motifs is 3. The van der Waals surface area contributed by atoms with Crippen molar-refractivity contribution in [2.24, 2.45) is 11.3 Å². The molecule has 268 valence electrons. The van der Waals surface area contributed by atoms with E-state index in [2.05, 4.69) is 52.0 Å². The number of benzene rings is 1. The molecule has 3 aromatic rings. The molecule has 4 saturated carbocycles. The Kier molecular flexibility index (Phi) is 9.48. The summed E-state index contributed by atoms with van der Waals surface area (Å²) in [6.45, 7) is 9.99. The number of rotatable bonds is 8. The number of anilines is 1. The highest BCUT2D eigenvalue weighted by Crippen LogP contribution is 2.58. The van der Waals surface area contributed by atoms with Crippen LogP contribution in [0.25, 0.3) is 10.4 Å². The molecular formula is C40H52N4O5S. The van der Waals surface area contributed by atoms with Gasteiger partial charge in [0.1, 0.15) is 17.7 Å². The first-order valence-corrected chi connectivity index (χ1v) is 19.2. The van der Waals surface area contributed by atoms with Crippen LogP contribution in [0.5, 0.6) is 5.75 Å². The largest absolute Gasteiger partial charge is 0.496 e. The van der Waals surface area contributed by atoms with Crippen LogP contribution in [0.2, 0.25) is 0 Å². The molecule has 2 aromatic heterocycles. The number of aromatic nitrogens is 2. The van der Waals surface area contributed by atoms with Gasteiger partial charge in [-0.2, -0.15) is 0 Å². The molecule has 8 rings (SSSR count). The van der Waals surface area contributed by atoms with E-state index in [-0.39, 0.29) is 40.3 Å². The van der Waals surface area contributed by atoms with E-state index in [1.54, 1.807) is 18.4 Å². The predicted octanol–water partition coefficient (Wildman–Crippen LogP) is 7.82. The number of aryl methyl sites for hydroxylation is 1. The lowest BCUT2D eigenvalue weighted by atomic mass is 9.51. The Morgan fingerprint density at radius 3 is 2.30 bits per heavy atom. The molecule has 10 heteroatoms. The second-order valence-corrected chi connectivity index (χ2v) is 17.5. The molecule has 0 unspecified atom stereocenters. The van der Waals surface area contributed by atoms with Crippen LogP contribution in [0, 0.1) is 18.3 Å². The van der Waals surface area contributed by atoms with Crippen molar-refractivity contribution in [1.82, 2.24) is 14.9 Å². The SMILES string of the molecule is COc1ccc(C23CCC(CN(C(=O)C4CCC(OC(=O)N5CC(O)C5)CC4)c4cc(-c5cnc(C(C)(C)C)s5)ccn4)(CC2)CC3)cc1C. The van der Waals surface area contributed by atoms with Crippen molar-refractivity contribution in [3.05, 3.63) is 58.9 Å². The van der Waals surface area contributed by atoms with Crippen molar-refractivity contribution >= 4 is 29.2 Å². The fraction of sp³-hybridized carbons (Fsp3) is 0.600. The maximum absolute atomic E-state index is 14.7. The molecule has 4 aliphatic carbocycles. The Bertz CT molecular complexity index is 1690. The van der Waals surface area contributed by atoms with Crippen molar-refractivity contribution in [3.63, 3.8) is 0 Å². The number of ether oxygens (including phenoxy) is 2. The standard InChI is InChI=1S/C40H52N4O5S/c1-26-20-29(8-11-32(26)48-5)40-16-13-39(14-17-40,15-18-40)25-44(34-21-28(12-19-41-34)33-22-42-36(50-33)38(2,3)4)35(46)27-6-9-31(10-7-27)49-37(47)43-23-30(45)24-43/h8,11-12,19-22,27,30-31,45H,6-7,9-10,13-18,23-25H2,1-5H3. The number of methoxy groups -OCH3 is 1. The average molecular weight is 701 g/mol. The second-order valence-electron chi connectivity index (χ2n) is 16.5. The van der Waals surface area contributed by atoms with Crippen LogP contribution in [-0.4, -0.2) is 70.9 Å². The predicted molar refractivity (Wildman–Crippen MR) is 196 cm³/mol. The van der Waals surface area contributed by atoms with Crippen LogP contribution >= 0.6 is 11.3 Å². The summed E-state index contributed by atoms with van der Waals surface area (Å²) in [6, 6.07) is 10.8. The van der Waals surface area contributed by atoms with E-state index in [0.717, 1.165) is 59.7 Å². The summed E-state index contributed by atoms with van der Waals surface area (Å²) < 4.78 is 11.3. The minimum absolute atomic E-state index is 0.0364. The van der Waals surface area contributed by atoms with Crippen LogP contribution in [0.4, 0.5) is 10.6 Å². The van der Waals surface area contributed by atoms with Gasteiger partial charge in [0.15, 0.2) is 0 Å². The molecule has 2 amide bonds. The number of carbonyl (C=O) groups is 2. The summed E-state index contributed by atoms with van der Waals surface area (Å²) in [7, 11) is 1.73. The minimum atomic E-state index is -0.457. The fourth-order valence-corrected chi connectivity index (χ4v) is 9.66. The van der Waals surface area contributed by atoms with E-state index in [0.29, 0.717) is 51.1 Å². The third kappa shape index (κ3) is 6.90. The molecular weight excluding hydrogens is 649 g/mol. The zero-order valence-electron chi connectivity index (χ0n) is 30.2. The van der Waals surface area contributed by atoms with Gasteiger partial charge < -0.3 is 19.5 Å². The van der Waals surface area contributed by atoms with E-state index < -0.39 is 6.10 Å². The van der Waals surface area contributed by atoms with Crippen LogP contribution in [0.3, 0.4) is 0 Å². The molecule has 0 spiro atoms. The van der Waals surface area contributed by atoms with Crippen LogP contribution in [-0.2, 0) is 20.4 Å².